The molecular weight excluding hydrogens is 356 g/mol. The summed E-state index contributed by atoms with van der Waals surface area (Å²) in [5.41, 5.74) is 2.65. The molecule has 1 unspecified atom stereocenters. The summed E-state index contributed by atoms with van der Waals surface area (Å²) in [5, 5.41) is 11.9. The predicted molar refractivity (Wildman–Crippen MR) is 102 cm³/mol. The van der Waals surface area contributed by atoms with Crippen molar-refractivity contribution in [2.24, 2.45) is 0 Å². The van der Waals surface area contributed by atoms with Crippen LogP contribution in [-0.2, 0) is 0 Å². The zero-order chi connectivity index (χ0) is 19.7. The third-order valence-corrected chi connectivity index (χ3v) is 4.40. The molecule has 2 aromatic carbocycles. The molecule has 0 radical (unpaired) electrons. The summed E-state index contributed by atoms with van der Waals surface area (Å²) in [4.78, 5) is 20.6. The summed E-state index contributed by atoms with van der Waals surface area (Å²) in [7, 11) is 0. The second kappa shape index (κ2) is 7.00. The molecule has 2 heterocycles. The van der Waals surface area contributed by atoms with E-state index in [4.69, 9.17) is 14.7 Å². The molecule has 3 aromatic rings. The first-order valence-electron chi connectivity index (χ1n) is 8.67. The van der Waals surface area contributed by atoms with Crippen LogP contribution in [0.25, 0.3) is 0 Å². The van der Waals surface area contributed by atoms with Crippen molar-refractivity contribution in [3.05, 3.63) is 65.4 Å². The molecule has 1 N–H and O–H groups in total. The van der Waals surface area contributed by atoms with E-state index in [0.717, 1.165) is 11.3 Å². The summed E-state index contributed by atoms with van der Waals surface area (Å²) in [6, 6.07) is 14.1. The molecule has 0 saturated heterocycles. The van der Waals surface area contributed by atoms with Gasteiger partial charge in [-0.2, -0.15) is 10.2 Å². The third-order valence-electron chi connectivity index (χ3n) is 4.40. The molecule has 0 spiro atoms. The SMILES string of the molecule is Cc1c(Oc2ccnc(Nc3ccc(C#N)cc3)n2)ccc2c1OC(C)C2=O. The predicted octanol–water partition coefficient (Wildman–Crippen LogP) is 4.16. The maximum Gasteiger partial charge on any atom is 0.230 e. The number of nitriles is 1. The summed E-state index contributed by atoms with van der Waals surface area (Å²) in [5.74, 6) is 1.80. The van der Waals surface area contributed by atoms with Crippen LogP contribution < -0.4 is 14.8 Å². The van der Waals surface area contributed by atoms with E-state index in [2.05, 4.69) is 21.4 Å². The van der Waals surface area contributed by atoms with Crippen LogP contribution in [0.2, 0.25) is 0 Å². The summed E-state index contributed by atoms with van der Waals surface area (Å²) >= 11 is 0. The zero-order valence-corrected chi connectivity index (χ0v) is 15.3. The Morgan fingerprint density at radius 2 is 1.96 bits per heavy atom. The second-order valence-corrected chi connectivity index (χ2v) is 6.32. The van der Waals surface area contributed by atoms with E-state index in [1.807, 2.05) is 6.92 Å². The number of rotatable bonds is 4. The molecule has 0 amide bonds. The number of carbonyl (C=O) groups is 1. The Morgan fingerprint density at radius 3 is 2.71 bits per heavy atom. The Balaban J connectivity index is 1.55. The minimum absolute atomic E-state index is 0.0272. The monoisotopic (exact) mass is 372 g/mol. The average molecular weight is 372 g/mol. The number of benzene rings is 2. The molecule has 0 saturated carbocycles. The Kier molecular flexibility index (Phi) is 4.38. The largest absolute Gasteiger partial charge is 0.481 e. The quantitative estimate of drug-likeness (QED) is 0.734. The Hall–Kier alpha value is -3.92. The molecule has 7 nitrogen and oxygen atoms in total. The molecule has 28 heavy (non-hydrogen) atoms. The fourth-order valence-corrected chi connectivity index (χ4v) is 2.91. The lowest BCUT2D eigenvalue weighted by Crippen LogP contribution is -2.14. The number of ketones is 1. The van der Waals surface area contributed by atoms with Crippen LogP contribution in [0.15, 0.2) is 48.7 Å². The number of anilines is 2. The van der Waals surface area contributed by atoms with E-state index in [1.165, 1.54) is 0 Å². The Morgan fingerprint density at radius 1 is 1.18 bits per heavy atom. The van der Waals surface area contributed by atoms with Gasteiger partial charge in [-0.3, -0.25) is 4.79 Å². The van der Waals surface area contributed by atoms with Crippen molar-refractivity contribution in [3.8, 4) is 23.4 Å². The molecule has 138 valence electrons. The fourth-order valence-electron chi connectivity index (χ4n) is 2.91. The lowest BCUT2D eigenvalue weighted by molar-refractivity contribution is 0.0878. The lowest BCUT2D eigenvalue weighted by atomic mass is 10.1. The number of ether oxygens (including phenoxy) is 2. The van der Waals surface area contributed by atoms with E-state index in [-0.39, 0.29) is 5.78 Å². The van der Waals surface area contributed by atoms with Crippen molar-refractivity contribution in [3.63, 3.8) is 0 Å². The van der Waals surface area contributed by atoms with Crippen molar-refractivity contribution in [1.29, 1.82) is 5.26 Å². The van der Waals surface area contributed by atoms with Crippen LogP contribution >= 0.6 is 0 Å². The van der Waals surface area contributed by atoms with Gasteiger partial charge in [0.25, 0.3) is 0 Å². The van der Waals surface area contributed by atoms with Crippen molar-refractivity contribution in [2.45, 2.75) is 20.0 Å². The number of fused-ring (bicyclic) bond motifs is 1. The van der Waals surface area contributed by atoms with Gasteiger partial charge in [0.2, 0.25) is 17.6 Å². The van der Waals surface area contributed by atoms with Gasteiger partial charge >= 0.3 is 0 Å². The number of hydrogen-bond donors (Lipinski definition) is 1. The molecule has 1 aromatic heterocycles. The van der Waals surface area contributed by atoms with Crippen molar-refractivity contribution >= 4 is 17.4 Å². The maximum absolute atomic E-state index is 12.1. The molecule has 1 aliphatic heterocycles. The van der Waals surface area contributed by atoms with Gasteiger partial charge in [-0.1, -0.05) is 0 Å². The van der Waals surface area contributed by atoms with Crippen LogP contribution in [0, 0.1) is 18.3 Å². The maximum atomic E-state index is 12.1. The minimum Gasteiger partial charge on any atom is -0.481 e. The number of nitrogens with one attached hydrogen (secondary N) is 1. The normalized spacial score (nSPS) is 14.8. The van der Waals surface area contributed by atoms with Gasteiger partial charge in [0.1, 0.15) is 11.5 Å². The lowest BCUT2D eigenvalue weighted by Gasteiger charge is -2.12. The number of carbonyl (C=O) groups excluding carboxylic acids is 1. The summed E-state index contributed by atoms with van der Waals surface area (Å²) < 4.78 is 11.5. The fraction of sp³-hybridized carbons (Fsp3) is 0.143. The van der Waals surface area contributed by atoms with E-state index >= 15 is 0 Å². The zero-order valence-electron chi connectivity index (χ0n) is 15.3. The number of aromatic nitrogens is 2. The van der Waals surface area contributed by atoms with Gasteiger partial charge in [-0.15, -0.1) is 0 Å². The smallest absolute Gasteiger partial charge is 0.230 e. The molecule has 0 aliphatic carbocycles. The highest BCUT2D eigenvalue weighted by atomic mass is 16.5. The highest BCUT2D eigenvalue weighted by Crippen LogP contribution is 2.38. The minimum atomic E-state index is -0.480. The molecule has 7 heteroatoms. The highest BCUT2D eigenvalue weighted by molar-refractivity contribution is 6.05. The molecule has 0 fully saturated rings. The molecule has 1 atom stereocenters. The standard InChI is InChI=1S/C21H16N4O3/c1-12-17(8-7-16-19(26)13(2)27-20(12)16)28-18-9-10-23-21(25-18)24-15-5-3-14(11-22)4-6-15/h3-10,13H,1-2H3,(H,23,24,25). The van der Waals surface area contributed by atoms with Gasteiger partial charge in [-0.05, 0) is 50.2 Å². The molecular formula is C21H16N4O3. The van der Waals surface area contributed by atoms with Gasteiger partial charge in [0.05, 0.1) is 17.2 Å². The molecule has 4 rings (SSSR count). The van der Waals surface area contributed by atoms with E-state index in [9.17, 15) is 4.79 Å². The first-order valence-corrected chi connectivity index (χ1v) is 8.67. The van der Waals surface area contributed by atoms with Crippen molar-refractivity contribution in [2.75, 3.05) is 5.32 Å². The molecule has 1 aliphatic rings. The summed E-state index contributed by atoms with van der Waals surface area (Å²) in [6.45, 7) is 3.57. The Labute approximate surface area is 161 Å². The van der Waals surface area contributed by atoms with Gasteiger partial charge in [0, 0.05) is 23.5 Å². The summed E-state index contributed by atoms with van der Waals surface area (Å²) in [6.07, 6.45) is 1.10. The molecule has 0 bridgehead atoms. The van der Waals surface area contributed by atoms with Crippen molar-refractivity contribution in [1.82, 2.24) is 9.97 Å². The van der Waals surface area contributed by atoms with Gasteiger partial charge in [-0.25, -0.2) is 4.98 Å². The number of hydrogen-bond acceptors (Lipinski definition) is 7. The van der Waals surface area contributed by atoms with Crippen LogP contribution in [0.5, 0.6) is 17.4 Å². The van der Waals surface area contributed by atoms with Gasteiger partial charge < -0.3 is 14.8 Å². The topological polar surface area (TPSA) is 97.1 Å². The van der Waals surface area contributed by atoms with Gasteiger partial charge in [0.15, 0.2) is 6.10 Å². The first kappa shape index (κ1) is 17.5. The second-order valence-electron chi connectivity index (χ2n) is 6.32. The first-order chi connectivity index (χ1) is 13.5. The number of nitrogens with zero attached hydrogens (tertiary/aromatic N) is 3. The van der Waals surface area contributed by atoms with Crippen LogP contribution in [0.1, 0.15) is 28.4 Å². The van der Waals surface area contributed by atoms with E-state index in [1.54, 1.807) is 55.6 Å². The highest BCUT2D eigenvalue weighted by Gasteiger charge is 2.31. The van der Waals surface area contributed by atoms with Crippen LogP contribution in [0.4, 0.5) is 11.6 Å². The average Bonchev–Trinajstić information content (AvgIpc) is 3.00. The van der Waals surface area contributed by atoms with Crippen LogP contribution in [0.3, 0.4) is 0 Å². The number of Topliss-reactive ketones (excluding diaryl/α,β-unsaturated/α-hetero) is 1. The van der Waals surface area contributed by atoms with Crippen LogP contribution in [-0.4, -0.2) is 21.9 Å². The van der Waals surface area contributed by atoms with E-state index < -0.39 is 6.10 Å². The Bertz CT molecular complexity index is 1100. The van der Waals surface area contributed by atoms with E-state index in [0.29, 0.717) is 34.5 Å². The third kappa shape index (κ3) is 3.23. The van der Waals surface area contributed by atoms with Crippen molar-refractivity contribution < 1.29 is 14.3 Å².